The molecule has 4 rings (SSSR count). The third kappa shape index (κ3) is 3.43. The van der Waals surface area contributed by atoms with Gasteiger partial charge in [0.2, 0.25) is 0 Å². The van der Waals surface area contributed by atoms with E-state index >= 15 is 0 Å². The molecule has 2 heteroatoms. The lowest BCUT2D eigenvalue weighted by molar-refractivity contribution is 0.415. The first-order valence-electron chi connectivity index (χ1n) is 9.33. The number of benzene rings is 3. The highest BCUT2D eigenvalue weighted by molar-refractivity contribution is 5.86. The second kappa shape index (κ2) is 7.24. The number of rotatable bonds is 4. The van der Waals surface area contributed by atoms with Crippen molar-refractivity contribution in [3.05, 3.63) is 83.9 Å². The number of hydrogen-bond donors (Lipinski definition) is 0. The van der Waals surface area contributed by atoms with Crippen molar-refractivity contribution in [2.45, 2.75) is 20.3 Å². The first kappa shape index (κ1) is 17.3. The minimum atomic E-state index is 0.873. The second-order valence-corrected chi connectivity index (χ2v) is 6.85. The lowest BCUT2D eigenvalue weighted by atomic mass is 9.99. The van der Waals surface area contributed by atoms with Crippen molar-refractivity contribution in [1.29, 1.82) is 0 Å². The predicted molar refractivity (Wildman–Crippen MR) is 113 cm³/mol. The van der Waals surface area contributed by atoms with Crippen LogP contribution in [0.15, 0.2) is 72.8 Å². The normalized spacial score (nSPS) is 10.9. The summed E-state index contributed by atoms with van der Waals surface area (Å²) < 4.78 is 5.24. The summed E-state index contributed by atoms with van der Waals surface area (Å²) in [5.74, 6) is 0.873. The summed E-state index contributed by atoms with van der Waals surface area (Å²) in [5, 5.41) is 1.26. The van der Waals surface area contributed by atoms with Gasteiger partial charge in [-0.25, -0.2) is 4.98 Å². The van der Waals surface area contributed by atoms with Gasteiger partial charge >= 0.3 is 0 Å². The maximum Gasteiger partial charge on any atom is 0.118 e. The van der Waals surface area contributed by atoms with Gasteiger partial charge in [0.15, 0.2) is 0 Å². The third-order valence-corrected chi connectivity index (χ3v) is 5.03. The van der Waals surface area contributed by atoms with Crippen LogP contribution in [0.1, 0.15) is 18.1 Å². The van der Waals surface area contributed by atoms with E-state index in [1.807, 2.05) is 12.1 Å². The number of pyridine rings is 1. The highest BCUT2D eigenvalue weighted by atomic mass is 16.5. The Morgan fingerprint density at radius 3 is 2.04 bits per heavy atom. The van der Waals surface area contributed by atoms with Crippen molar-refractivity contribution in [2.75, 3.05) is 7.11 Å². The van der Waals surface area contributed by atoms with E-state index in [1.54, 1.807) is 7.11 Å². The van der Waals surface area contributed by atoms with Crippen LogP contribution in [0, 0.1) is 6.92 Å². The molecule has 0 spiro atoms. The van der Waals surface area contributed by atoms with Crippen LogP contribution in [0.4, 0.5) is 0 Å². The Kier molecular flexibility index (Phi) is 4.64. The molecule has 3 aromatic carbocycles. The van der Waals surface area contributed by atoms with Gasteiger partial charge in [0.1, 0.15) is 5.75 Å². The molecule has 0 N–H and O–H groups in total. The van der Waals surface area contributed by atoms with E-state index < -0.39 is 0 Å². The summed E-state index contributed by atoms with van der Waals surface area (Å²) in [6, 6.07) is 25.5. The van der Waals surface area contributed by atoms with Gasteiger partial charge < -0.3 is 4.74 Å². The molecule has 0 radical (unpaired) electrons. The summed E-state index contributed by atoms with van der Waals surface area (Å²) >= 11 is 0. The molecular weight excluding hydrogens is 330 g/mol. The fourth-order valence-electron chi connectivity index (χ4n) is 3.47. The molecule has 0 saturated heterocycles. The van der Waals surface area contributed by atoms with E-state index in [4.69, 9.17) is 9.72 Å². The van der Waals surface area contributed by atoms with E-state index in [1.165, 1.54) is 27.6 Å². The smallest absolute Gasteiger partial charge is 0.118 e. The topological polar surface area (TPSA) is 22.1 Å². The summed E-state index contributed by atoms with van der Waals surface area (Å²) in [4.78, 5) is 4.90. The number of ether oxygens (including phenoxy) is 1. The molecular formula is C25H23NO. The van der Waals surface area contributed by atoms with Crippen LogP contribution in [-0.4, -0.2) is 12.1 Å². The number of aromatic nitrogens is 1. The van der Waals surface area contributed by atoms with E-state index in [9.17, 15) is 0 Å². The number of nitrogens with zero attached hydrogens (tertiary/aromatic N) is 1. The van der Waals surface area contributed by atoms with Gasteiger partial charge in [-0.05, 0) is 60.4 Å². The average molecular weight is 353 g/mol. The van der Waals surface area contributed by atoms with Crippen molar-refractivity contribution in [2.24, 2.45) is 0 Å². The molecule has 0 amide bonds. The maximum atomic E-state index is 5.24. The van der Waals surface area contributed by atoms with Gasteiger partial charge in [-0.2, -0.15) is 0 Å². The van der Waals surface area contributed by atoms with Crippen LogP contribution in [0.3, 0.4) is 0 Å². The first-order chi connectivity index (χ1) is 13.2. The zero-order valence-corrected chi connectivity index (χ0v) is 16.0. The van der Waals surface area contributed by atoms with E-state index in [-0.39, 0.29) is 0 Å². The average Bonchev–Trinajstić information content (AvgIpc) is 2.73. The molecule has 0 aliphatic rings. The molecule has 0 atom stereocenters. The lowest BCUT2D eigenvalue weighted by Crippen LogP contribution is -1.92. The zero-order chi connectivity index (χ0) is 18.8. The number of fused-ring (bicyclic) bond motifs is 1. The molecule has 0 aliphatic heterocycles. The predicted octanol–water partition coefficient (Wildman–Crippen LogP) is 6.45. The van der Waals surface area contributed by atoms with Crippen LogP contribution < -0.4 is 4.74 Å². The monoisotopic (exact) mass is 353 g/mol. The molecule has 1 aromatic heterocycles. The van der Waals surface area contributed by atoms with Gasteiger partial charge in [-0.1, -0.05) is 55.0 Å². The van der Waals surface area contributed by atoms with Gasteiger partial charge in [0, 0.05) is 10.9 Å². The summed E-state index contributed by atoms with van der Waals surface area (Å²) in [6.45, 7) is 4.33. The summed E-state index contributed by atoms with van der Waals surface area (Å²) in [7, 11) is 1.69. The number of methoxy groups -OCH3 is 1. The minimum Gasteiger partial charge on any atom is -0.497 e. The quantitative estimate of drug-likeness (QED) is 0.421. The maximum absolute atomic E-state index is 5.24. The van der Waals surface area contributed by atoms with E-state index in [0.29, 0.717) is 0 Å². The highest BCUT2D eigenvalue weighted by Gasteiger charge is 2.08. The number of aryl methyl sites for hydroxylation is 2. The van der Waals surface area contributed by atoms with Crippen LogP contribution in [0.25, 0.3) is 33.3 Å². The molecule has 134 valence electrons. The van der Waals surface area contributed by atoms with Gasteiger partial charge in [-0.3, -0.25) is 0 Å². The van der Waals surface area contributed by atoms with E-state index in [2.05, 4.69) is 74.5 Å². The van der Waals surface area contributed by atoms with Gasteiger partial charge in [0.05, 0.1) is 18.3 Å². The summed E-state index contributed by atoms with van der Waals surface area (Å²) in [6.07, 6.45) is 0.999. The van der Waals surface area contributed by atoms with Crippen LogP contribution in [0.5, 0.6) is 5.75 Å². The standard InChI is InChI=1S/C25H23NO/c1-4-18-16-25(26-24-14-5-17(2)15-23(18)24)21-8-6-19(7-9-21)20-10-12-22(27-3)13-11-20/h5-16H,4H2,1-3H3. The molecule has 0 bridgehead atoms. The Morgan fingerprint density at radius 2 is 1.41 bits per heavy atom. The Balaban J connectivity index is 1.72. The first-order valence-corrected chi connectivity index (χ1v) is 9.33. The fourth-order valence-corrected chi connectivity index (χ4v) is 3.47. The molecule has 0 saturated carbocycles. The molecule has 27 heavy (non-hydrogen) atoms. The molecule has 0 aliphatic carbocycles. The third-order valence-electron chi connectivity index (χ3n) is 5.03. The highest BCUT2D eigenvalue weighted by Crippen LogP contribution is 2.28. The van der Waals surface area contributed by atoms with Crippen molar-refractivity contribution < 1.29 is 4.74 Å². The van der Waals surface area contributed by atoms with Crippen molar-refractivity contribution in [3.63, 3.8) is 0 Å². The van der Waals surface area contributed by atoms with Gasteiger partial charge in [0.25, 0.3) is 0 Å². The zero-order valence-electron chi connectivity index (χ0n) is 16.0. The molecule has 0 unspecified atom stereocenters. The Hall–Kier alpha value is -3.13. The van der Waals surface area contributed by atoms with Crippen molar-refractivity contribution in [3.8, 4) is 28.1 Å². The van der Waals surface area contributed by atoms with Crippen molar-refractivity contribution in [1.82, 2.24) is 4.98 Å². The van der Waals surface area contributed by atoms with Crippen LogP contribution in [0.2, 0.25) is 0 Å². The minimum absolute atomic E-state index is 0.873. The Labute approximate surface area is 160 Å². The fraction of sp³-hybridized carbons (Fsp3) is 0.160. The van der Waals surface area contributed by atoms with Crippen molar-refractivity contribution >= 4 is 10.9 Å². The Bertz CT molecular complexity index is 1080. The molecule has 0 fully saturated rings. The summed E-state index contributed by atoms with van der Waals surface area (Å²) in [5.41, 5.74) is 8.23. The lowest BCUT2D eigenvalue weighted by Gasteiger charge is -2.10. The van der Waals surface area contributed by atoms with Crippen LogP contribution >= 0.6 is 0 Å². The molecule has 2 nitrogen and oxygen atoms in total. The van der Waals surface area contributed by atoms with E-state index in [0.717, 1.165) is 28.9 Å². The second-order valence-electron chi connectivity index (χ2n) is 6.85. The molecule has 4 aromatic rings. The van der Waals surface area contributed by atoms with Gasteiger partial charge in [-0.15, -0.1) is 0 Å². The van der Waals surface area contributed by atoms with Crippen LogP contribution in [-0.2, 0) is 6.42 Å². The SMILES string of the molecule is CCc1cc(-c2ccc(-c3ccc(OC)cc3)cc2)nc2ccc(C)cc12. The molecule has 1 heterocycles. The largest absolute Gasteiger partial charge is 0.497 e. The number of hydrogen-bond acceptors (Lipinski definition) is 2. The Morgan fingerprint density at radius 1 is 0.778 bits per heavy atom.